The lowest BCUT2D eigenvalue weighted by molar-refractivity contribution is 0.717. The van der Waals surface area contributed by atoms with Crippen molar-refractivity contribution in [3.8, 4) is 0 Å². The van der Waals surface area contributed by atoms with Crippen LogP contribution < -0.4 is 5.46 Å². The van der Waals surface area contributed by atoms with Crippen molar-refractivity contribution in [1.82, 2.24) is 0 Å². The predicted molar refractivity (Wildman–Crippen MR) is 69.2 cm³/mol. The molecule has 0 nitrogen and oxygen atoms in total. The van der Waals surface area contributed by atoms with Crippen molar-refractivity contribution in [3.63, 3.8) is 0 Å². The van der Waals surface area contributed by atoms with E-state index in [2.05, 4.69) is 32.9 Å². The van der Waals surface area contributed by atoms with Gasteiger partial charge in [-0.2, -0.15) is 0 Å². The van der Waals surface area contributed by atoms with Crippen LogP contribution in [0.25, 0.3) is 0 Å². The van der Waals surface area contributed by atoms with Crippen LogP contribution in [-0.2, 0) is 12.8 Å². The molecule has 1 aromatic rings. The first-order valence-corrected chi connectivity index (χ1v) is 6.06. The Balaban J connectivity index is 2.77. The highest BCUT2D eigenvalue weighted by Crippen LogP contribution is 2.11. The highest BCUT2D eigenvalue weighted by molar-refractivity contribution is 6.34. The van der Waals surface area contributed by atoms with Gasteiger partial charge < -0.3 is 0 Å². The van der Waals surface area contributed by atoms with E-state index in [1.807, 2.05) is 0 Å². The van der Waals surface area contributed by atoms with Crippen LogP contribution in [0.5, 0.6) is 0 Å². The molecule has 15 heavy (non-hydrogen) atoms. The molecule has 0 saturated heterocycles. The topological polar surface area (TPSA) is 0 Å². The van der Waals surface area contributed by atoms with Gasteiger partial charge in [-0.25, -0.2) is 0 Å². The summed E-state index contributed by atoms with van der Waals surface area (Å²) in [4.78, 5) is 0. The lowest BCUT2D eigenvalue weighted by Crippen LogP contribution is -2.14. The van der Waals surface area contributed by atoms with E-state index < -0.39 is 0 Å². The van der Waals surface area contributed by atoms with Crippen LogP contribution in [-0.4, -0.2) is 7.85 Å². The smallest absolute Gasteiger partial charge is 0.0907 e. The molecule has 0 heterocycles. The van der Waals surface area contributed by atoms with Gasteiger partial charge in [-0.3, -0.25) is 0 Å². The van der Waals surface area contributed by atoms with Gasteiger partial charge in [0.2, 0.25) is 0 Å². The SMILES string of the molecule is [B]c1c(C)cc(CCCCC)cc1CC. The molecule has 80 valence electrons. The monoisotopic (exact) mass is 200 g/mol. The summed E-state index contributed by atoms with van der Waals surface area (Å²) in [5.74, 6) is 0. The summed E-state index contributed by atoms with van der Waals surface area (Å²) in [5.41, 5.74) is 4.98. The second kappa shape index (κ2) is 6.00. The van der Waals surface area contributed by atoms with Crippen molar-refractivity contribution < 1.29 is 0 Å². The summed E-state index contributed by atoms with van der Waals surface area (Å²) in [6.07, 6.45) is 6.14. The molecular formula is C14H21B. The highest BCUT2D eigenvalue weighted by atomic mass is 14.1. The Morgan fingerprint density at radius 3 is 2.47 bits per heavy atom. The fourth-order valence-electron chi connectivity index (χ4n) is 1.97. The molecule has 0 aliphatic carbocycles. The minimum absolute atomic E-state index is 0.983. The Hall–Kier alpha value is -0.715. The normalized spacial score (nSPS) is 10.6. The summed E-state index contributed by atoms with van der Waals surface area (Å²) < 4.78 is 0. The third-order valence-electron chi connectivity index (χ3n) is 2.98. The van der Waals surface area contributed by atoms with Gasteiger partial charge in [-0.1, -0.05) is 55.4 Å². The minimum Gasteiger partial charge on any atom is -0.0907 e. The first-order valence-electron chi connectivity index (χ1n) is 6.06. The van der Waals surface area contributed by atoms with E-state index in [0.29, 0.717) is 0 Å². The molecule has 0 saturated carbocycles. The van der Waals surface area contributed by atoms with Crippen molar-refractivity contribution in [3.05, 3.63) is 28.8 Å². The standard InChI is InChI=1S/C14H21B/c1-4-6-7-8-12-9-11(3)14(15)13(5-2)10-12/h9-10H,4-8H2,1-3H3. The first-order chi connectivity index (χ1) is 7.19. The molecule has 0 aromatic heterocycles. The average molecular weight is 200 g/mol. The van der Waals surface area contributed by atoms with Crippen LogP contribution >= 0.6 is 0 Å². The Labute approximate surface area is 95.5 Å². The van der Waals surface area contributed by atoms with Crippen LogP contribution in [0.15, 0.2) is 12.1 Å². The second-order valence-corrected chi connectivity index (χ2v) is 4.30. The van der Waals surface area contributed by atoms with Crippen LogP contribution in [0.2, 0.25) is 0 Å². The van der Waals surface area contributed by atoms with Crippen LogP contribution in [0.4, 0.5) is 0 Å². The van der Waals surface area contributed by atoms with Gasteiger partial charge in [0.25, 0.3) is 0 Å². The lowest BCUT2D eigenvalue weighted by Gasteiger charge is -2.11. The second-order valence-electron chi connectivity index (χ2n) is 4.30. The summed E-state index contributed by atoms with van der Waals surface area (Å²) >= 11 is 0. The minimum atomic E-state index is 0.983. The molecule has 1 aromatic carbocycles. The van der Waals surface area contributed by atoms with Gasteiger partial charge >= 0.3 is 0 Å². The van der Waals surface area contributed by atoms with Crippen LogP contribution in [0.3, 0.4) is 0 Å². The largest absolute Gasteiger partial charge is 0.114 e. The molecule has 0 amide bonds. The molecule has 0 atom stereocenters. The molecule has 0 aliphatic heterocycles. The van der Waals surface area contributed by atoms with E-state index >= 15 is 0 Å². The zero-order valence-corrected chi connectivity index (χ0v) is 10.3. The van der Waals surface area contributed by atoms with E-state index in [4.69, 9.17) is 7.85 Å². The number of unbranched alkanes of at least 4 members (excludes halogenated alkanes) is 2. The molecule has 0 bridgehead atoms. The van der Waals surface area contributed by atoms with Gasteiger partial charge in [0, 0.05) is 0 Å². The van der Waals surface area contributed by atoms with Gasteiger partial charge in [0.1, 0.15) is 7.85 Å². The number of aryl methyl sites for hydroxylation is 3. The van der Waals surface area contributed by atoms with Crippen LogP contribution in [0.1, 0.15) is 49.8 Å². The Kier molecular flexibility index (Phi) is 4.94. The molecule has 0 spiro atoms. The Bertz CT molecular complexity index is 315. The van der Waals surface area contributed by atoms with Crippen molar-refractivity contribution in [2.45, 2.75) is 52.9 Å². The number of benzene rings is 1. The zero-order valence-electron chi connectivity index (χ0n) is 10.3. The van der Waals surface area contributed by atoms with Crippen molar-refractivity contribution >= 4 is 13.3 Å². The predicted octanol–water partition coefficient (Wildman–Crippen LogP) is 3.08. The summed E-state index contributed by atoms with van der Waals surface area (Å²) in [5, 5.41) is 0. The fraction of sp³-hybridized carbons (Fsp3) is 0.571. The molecule has 0 aliphatic rings. The quantitative estimate of drug-likeness (QED) is 0.506. The highest BCUT2D eigenvalue weighted by Gasteiger charge is 2.02. The van der Waals surface area contributed by atoms with Crippen LogP contribution in [0, 0.1) is 6.92 Å². The zero-order chi connectivity index (χ0) is 11.3. The first kappa shape index (κ1) is 12.4. The Morgan fingerprint density at radius 1 is 1.13 bits per heavy atom. The summed E-state index contributed by atoms with van der Waals surface area (Å²) in [7, 11) is 6.02. The maximum absolute atomic E-state index is 6.02. The maximum atomic E-state index is 6.02. The van der Waals surface area contributed by atoms with Gasteiger partial charge in [-0.05, 0) is 31.7 Å². The number of hydrogen-bond acceptors (Lipinski definition) is 0. The molecule has 1 rings (SSSR count). The fourth-order valence-corrected chi connectivity index (χ4v) is 1.97. The molecule has 1 heteroatoms. The maximum Gasteiger partial charge on any atom is 0.114 e. The third-order valence-corrected chi connectivity index (χ3v) is 2.98. The van der Waals surface area contributed by atoms with E-state index in [1.165, 1.54) is 42.4 Å². The average Bonchev–Trinajstić information content (AvgIpc) is 2.23. The van der Waals surface area contributed by atoms with Crippen molar-refractivity contribution in [1.29, 1.82) is 0 Å². The third kappa shape index (κ3) is 3.41. The van der Waals surface area contributed by atoms with E-state index in [-0.39, 0.29) is 0 Å². The molecule has 0 unspecified atom stereocenters. The molecule has 2 radical (unpaired) electrons. The summed E-state index contributed by atoms with van der Waals surface area (Å²) in [6, 6.07) is 4.52. The lowest BCUT2D eigenvalue weighted by atomic mass is 9.83. The van der Waals surface area contributed by atoms with Crippen molar-refractivity contribution in [2.24, 2.45) is 0 Å². The van der Waals surface area contributed by atoms with E-state index in [1.54, 1.807) is 0 Å². The van der Waals surface area contributed by atoms with Gasteiger partial charge in [-0.15, -0.1) is 0 Å². The molecule has 0 fully saturated rings. The number of rotatable bonds is 5. The van der Waals surface area contributed by atoms with E-state index in [9.17, 15) is 0 Å². The Morgan fingerprint density at radius 2 is 1.87 bits per heavy atom. The molecular weight excluding hydrogens is 179 g/mol. The number of hydrogen-bond donors (Lipinski definition) is 0. The van der Waals surface area contributed by atoms with Gasteiger partial charge in [0.05, 0.1) is 0 Å². The molecule has 0 N–H and O–H groups in total. The van der Waals surface area contributed by atoms with Crippen molar-refractivity contribution in [2.75, 3.05) is 0 Å². The van der Waals surface area contributed by atoms with Gasteiger partial charge in [0.15, 0.2) is 0 Å². The summed E-state index contributed by atoms with van der Waals surface area (Å²) in [6.45, 7) is 6.52. The van der Waals surface area contributed by atoms with E-state index in [0.717, 1.165) is 11.9 Å².